The molecule has 0 saturated heterocycles. The molecule has 0 spiro atoms. The van der Waals surface area contributed by atoms with Crippen molar-refractivity contribution in [3.63, 3.8) is 0 Å². The highest BCUT2D eigenvalue weighted by molar-refractivity contribution is 5.70. The summed E-state index contributed by atoms with van der Waals surface area (Å²) in [4.78, 5) is 48.3. The number of nitrogens with one attached hydrogen (secondary N) is 2. The largest absolute Gasteiger partial charge is 0.462 e. The van der Waals surface area contributed by atoms with E-state index < -0.39 is 24.4 Å². The van der Waals surface area contributed by atoms with Crippen molar-refractivity contribution in [1.82, 2.24) is 10.6 Å². The Morgan fingerprint density at radius 3 is 2.03 bits per heavy atom. The van der Waals surface area contributed by atoms with Gasteiger partial charge in [-0.2, -0.15) is 0 Å². The summed E-state index contributed by atoms with van der Waals surface area (Å²) in [6.07, 6.45) is 0.850. The maximum absolute atomic E-state index is 12.6. The summed E-state index contributed by atoms with van der Waals surface area (Å²) in [6.45, 7) is 17.7. The van der Waals surface area contributed by atoms with E-state index in [-0.39, 0.29) is 60.3 Å². The molecular weight excluding hydrogens is 492 g/mol. The number of amides is 2. The van der Waals surface area contributed by atoms with Gasteiger partial charge in [0.1, 0.15) is 25.4 Å². The lowest BCUT2D eigenvalue weighted by Crippen LogP contribution is -2.44. The van der Waals surface area contributed by atoms with E-state index in [4.69, 9.17) is 18.9 Å². The Morgan fingerprint density at radius 1 is 0.816 bits per heavy atom. The quantitative estimate of drug-likeness (QED) is 0.246. The van der Waals surface area contributed by atoms with Gasteiger partial charge >= 0.3 is 24.1 Å². The fourth-order valence-electron chi connectivity index (χ4n) is 5.29. The van der Waals surface area contributed by atoms with Crippen LogP contribution in [0.5, 0.6) is 0 Å². The highest BCUT2D eigenvalue weighted by Gasteiger charge is 2.42. The van der Waals surface area contributed by atoms with E-state index in [1.165, 1.54) is 0 Å². The Labute approximate surface area is 228 Å². The van der Waals surface area contributed by atoms with E-state index in [0.717, 1.165) is 19.3 Å². The zero-order valence-corrected chi connectivity index (χ0v) is 24.8. The van der Waals surface area contributed by atoms with Crippen LogP contribution in [0.25, 0.3) is 0 Å². The summed E-state index contributed by atoms with van der Waals surface area (Å²) in [5, 5.41) is 5.48. The Morgan fingerprint density at radius 2 is 1.42 bits per heavy atom. The highest BCUT2D eigenvalue weighted by atomic mass is 16.6. The van der Waals surface area contributed by atoms with Crippen molar-refractivity contribution in [2.45, 2.75) is 113 Å². The fourth-order valence-corrected chi connectivity index (χ4v) is 5.29. The van der Waals surface area contributed by atoms with Gasteiger partial charge in [0.2, 0.25) is 0 Å². The van der Waals surface area contributed by atoms with Gasteiger partial charge in [-0.15, -0.1) is 0 Å². The van der Waals surface area contributed by atoms with Crippen LogP contribution in [-0.4, -0.2) is 62.1 Å². The molecule has 220 valence electrons. The molecule has 1 aliphatic rings. The Balaban J connectivity index is 2.53. The van der Waals surface area contributed by atoms with Crippen LogP contribution >= 0.6 is 0 Å². The van der Waals surface area contributed by atoms with E-state index in [2.05, 4.69) is 31.4 Å². The maximum Gasteiger partial charge on any atom is 0.407 e. The number of hydrogen-bond donors (Lipinski definition) is 2. The van der Waals surface area contributed by atoms with Crippen LogP contribution in [0.2, 0.25) is 0 Å². The first-order valence-corrected chi connectivity index (χ1v) is 13.7. The second-order valence-corrected chi connectivity index (χ2v) is 12.7. The van der Waals surface area contributed by atoms with E-state index >= 15 is 0 Å². The standard InChI is InChI=1S/C28H50N2O8/c1-18(2)10-23(31)35-14-21(6)38-25(33)29-17-28(9)13-22(12-27(7,8)16-28)11-24(32)37-20(5)15-36-26(34)30-19(3)4/h18-22H,10-17H2,1-9H3,(H,29,33)(H,30,34). The smallest absolute Gasteiger partial charge is 0.407 e. The van der Waals surface area contributed by atoms with Crippen LogP contribution < -0.4 is 10.6 Å². The van der Waals surface area contributed by atoms with Crippen molar-refractivity contribution in [3.05, 3.63) is 0 Å². The van der Waals surface area contributed by atoms with E-state index in [1.54, 1.807) is 13.8 Å². The van der Waals surface area contributed by atoms with Gasteiger partial charge in [0.15, 0.2) is 0 Å². The van der Waals surface area contributed by atoms with Crippen molar-refractivity contribution in [2.24, 2.45) is 22.7 Å². The van der Waals surface area contributed by atoms with Gasteiger partial charge in [-0.3, -0.25) is 9.59 Å². The van der Waals surface area contributed by atoms with Gasteiger partial charge < -0.3 is 29.6 Å². The van der Waals surface area contributed by atoms with Crippen LogP contribution in [0.1, 0.15) is 94.4 Å². The van der Waals surface area contributed by atoms with Crippen LogP contribution in [0, 0.1) is 22.7 Å². The van der Waals surface area contributed by atoms with Crippen LogP contribution in [0.3, 0.4) is 0 Å². The van der Waals surface area contributed by atoms with Crippen molar-refractivity contribution in [2.75, 3.05) is 19.8 Å². The zero-order valence-electron chi connectivity index (χ0n) is 24.8. The minimum absolute atomic E-state index is 0.0132. The number of carbonyl (C=O) groups excluding carboxylic acids is 4. The second kappa shape index (κ2) is 15.2. The lowest BCUT2D eigenvalue weighted by atomic mass is 9.60. The molecule has 38 heavy (non-hydrogen) atoms. The molecular formula is C28H50N2O8. The third kappa shape index (κ3) is 14.4. The Bertz CT molecular complexity index is 798. The van der Waals surface area contributed by atoms with E-state index in [9.17, 15) is 19.2 Å². The molecule has 4 unspecified atom stereocenters. The Hall–Kier alpha value is -2.52. The molecule has 0 aromatic carbocycles. The first-order chi connectivity index (χ1) is 17.5. The molecule has 0 aliphatic heterocycles. The number of alkyl carbamates (subject to hydrolysis) is 2. The van der Waals surface area contributed by atoms with Crippen molar-refractivity contribution in [1.29, 1.82) is 0 Å². The molecule has 1 fully saturated rings. The van der Waals surface area contributed by atoms with Gasteiger partial charge in [0, 0.05) is 25.4 Å². The van der Waals surface area contributed by atoms with Crippen LogP contribution in [0.4, 0.5) is 9.59 Å². The van der Waals surface area contributed by atoms with Gasteiger partial charge in [-0.05, 0) is 69.6 Å². The summed E-state index contributed by atoms with van der Waals surface area (Å²) in [5.74, 6) is -0.348. The molecule has 0 aromatic rings. The minimum atomic E-state index is -0.563. The van der Waals surface area contributed by atoms with Crippen molar-refractivity contribution >= 4 is 24.1 Å². The topological polar surface area (TPSA) is 129 Å². The molecule has 2 amide bonds. The monoisotopic (exact) mass is 542 g/mol. The third-order valence-corrected chi connectivity index (χ3v) is 6.19. The van der Waals surface area contributed by atoms with E-state index in [1.807, 2.05) is 27.7 Å². The van der Waals surface area contributed by atoms with Crippen molar-refractivity contribution in [3.8, 4) is 0 Å². The van der Waals surface area contributed by atoms with Gasteiger partial charge in [0.05, 0.1) is 0 Å². The average Bonchev–Trinajstić information content (AvgIpc) is 2.72. The summed E-state index contributed by atoms with van der Waals surface area (Å²) in [5.41, 5.74) is -0.257. The molecule has 1 aliphatic carbocycles. The van der Waals surface area contributed by atoms with Crippen molar-refractivity contribution < 1.29 is 38.1 Å². The molecule has 0 bridgehead atoms. The molecule has 0 radical (unpaired) electrons. The van der Waals surface area contributed by atoms with Crippen LogP contribution in [0.15, 0.2) is 0 Å². The third-order valence-electron chi connectivity index (χ3n) is 6.19. The average molecular weight is 543 g/mol. The molecule has 10 heteroatoms. The number of esters is 2. The van der Waals surface area contributed by atoms with Gasteiger partial charge in [0.25, 0.3) is 0 Å². The lowest BCUT2D eigenvalue weighted by molar-refractivity contribution is -0.152. The fraction of sp³-hybridized carbons (Fsp3) is 0.857. The van der Waals surface area contributed by atoms with Gasteiger partial charge in [-0.25, -0.2) is 9.59 Å². The molecule has 2 N–H and O–H groups in total. The summed E-state index contributed by atoms with van der Waals surface area (Å²) < 4.78 is 21.1. The lowest BCUT2D eigenvalue weighted by Gasteiger charge is -2.46. The summed E-state index contributed by atoms with van der Waals surface area (Å²) in [6, 6.07) is -0.0386. The highest BCUT2D eigenvalue weighted by Crippen LogP contribution is 2.49. The molecule has 0 heterocycles. The first kappa shape index (κ1) is 33.5. The number of rotatable bonds is 13. The minimum Gasteiger partial charge on any atom is -0.462 e. The molecule has 1 saturated carbocycles. The van der Waals surface area contributed by atoms with Crippen LogP contribution in [-0.2, 0) is 28.5 Å². The van der Waals surface area contributed by atoms with E-state index in [0.29, 0.717) is 13.0 Å². The predicted molar refractivity (Wildman–Crippen MR) is 143 cm³/mol. The second-order valence-electron chi connectivity index (χ2n) is 12.7. The normalized spacial score (nSPS) is 22.2. The zero-order chi connectivity index (χ0) is 29.1. The first-order valence-electron chi connectivity index (χ1n) is 13.7. The number of ether oxygens (including phenoxy) is 4. The Kier molecular flexibility index (Phi) is 13.4. The number of carbonyl (C=O) groups is 4. The molecule has 4 atom stereocenters. The molecule has 0 aromatic heterocycles. The van der Waals surface area contributed by atoms with Gasteiger partial charge in [-0.1, -0.05) is 34.6 Å². The summed E-state index contributed by atoms with van der Waals surface area (Å²) >= 11 is 0. The molecule has 1 rings (SSSR count). The predicted octanol–water partition coefficient (Wildman–Crippen LogP) is 4.98. The SMILES string of the molecule is CC(C)CC(=O)OCC(C)OC(=O)NCC1(C)CC(CC(=O)OC(C)COC(=O)NC(C)C)CC(C)(C)C1. The summed E-state index contributed by atoms with van der Waals surface area (Å²) in [7, 11) is 0. The maximum atomic E-state index is 12.6. The molecule has 10 nitrogen and oxygen atoms in total. The number of hydrogen-bond acceptors (Lipinski definition) is 8.